The molecular weight excluding hydrogens is 236 g/mol. The van der Waals surface area contributed by atoms with E-state index in [2.05, 4.69) is 79.4 Å². The summed E-state index contributed by atoms with van der Waals surface area (Å²) in [7, 11) is 0. The molecule has 1 heteroatoms. The van der Waals surface area contributed by atoms with Crippen molar-refractivity contribution in [3.8, 4) is 0 Å². The summed E-state index contributed by atoms with van der Waals surface area (Å²) in [4.78, 5) is 0. The molecule has 0 atom stereocenters. The highest BCUT2D eigenvalue weighted by atomic mass is 32.1. The van der Waals surface area contributed by atoms with Crippen LogP contribution in [0.25, 0.3) is 27.6 Å². The quantitative estimate of drug-likeness (QED) is 0.483. The van der Waals surface area contributed by atoms with E-state index in [1.165, 1.54) is 27.1 Å². The van der Waals surface area contributed by atoms with E-state index in [1.807, 2.05) is 0 Å². The van der Waals surface area contributed by atoms with Crippen molar-refractivity contribution in [2.75, 3.05) is 5.75 Å². The number of hydrogen-bond donors (Lipinski definition) is 1. The molecule has 0 saturated heterocycles. The van der Waals surface area contributed by atoms with Crippen LogP contribution in [0.15, 0.2) is 60.7 Å². The van der Waals surface area contributed by atoms with Crippen molar-refractivity contribution in [2.24, 2.45) is 0 Å². The molecule has 0 aliphatic rings. The normalized spacial score (nSPS) is 11.6. The van der Waals surface area contributed by atoms with Gasteiger partial charge in [0.05, 0.1) is 0 Å². The molecule has 0 heterocycles. The van der Waals surface area contributed by atoms with Crippen LogP contribution in [0.4, 0.5) is 0 Å². The van der Waals surface area contributed by atoms with E-state index in [0.717, 1.165) is 5.75 Å². The van der Waals surface area contributed by atoms with Crippen LogP contribution in [-0.4, -0.2) is 5.75 Å². The molecular formula is C17H14S. The third-order valence-corrected chi connectivity index (χ3v) is 3.41. The van der Waals surface area contributed by atoms with Crippen LogP contribution >= 0.6 is 12.6 Å². The summed E-state index contributed by atoms with van der Waals surface area (Å²) >= 11 is 4.25. The largest absolute Gasteiger partial charge is 0.175 e. The van der Waals surface area contributed by atoms with Crippen LogP contribution in [0.1, 0.15) is 5.56 Å². The van der Waals surface area contributed by atoms with Gasteiger partial charge >= 0.3 is 0 Å². The van der Waals surface area contributed by atoms with E-state index in [1.54, 1.807) is 0 Å². The highest BCUT2D eigenvalue weighted by Crippen LogP contribution is 2.29. The first-order valence-electron chi connectivity index (χ1n) is 6.08. The van der Waals surface area contributed by atoms with Crippen LogP contribution in [0.3, 0.4) is 0 Å². The standard InChI is InChI=1S/C17H14S/c18-11-5-10-17-15-8-3-1-6-13(15)12-14-7-2-4-9-16(14)17/h1-10,12,18H,11H2. The Hall–Kier alpha value is -1.73. The van der Waals surface area contributed by atoms with Crippen molar-refractivity contribution in [1.82, 2.24) is 0 Å². The van der Waals surface area contributed by atoms with Gasteiger partial charge in [-0.05, 0) is 33.2 Å². The molecule has 3 aromatic carbocycles. The van der Waals surface area contributed by atoms with Gasteiger partial charge in [0, 0.05) is 5.75 Å². The van der Waals surface area contributed by atoms with Crippen LogP contribution < -0.4 is 0 Å². The molecule has 88 valence electrons. The fourth-order valence-electron chi connectivity index (χ4n) is 2.40. The van der Waals surface area contributed by atoms with Crippen molar-refractivity contribution in [3.05, 3.63) is 66.2 Å². The number of thiol groups is 1. The lowest BCUT2D eigenvalue weighted by Gasteiger charge is -2.08. The number of benzene rings is 3. The molecule has 0 fully saturated rings. The van der Waals surface area contributed by atoms with Crippen molar-refractivity contribution in [2.45, 2.75) is 0 Å². The van der Waals surface area contributed by atoms with Gasteiger partial charge in [-0.15, -0.1) is 0 Å². The maximum Gasteiger partial charge on any atom is 0.00858 e. The molecule has 0 N–H and O–H groups in total. The summed E-state index contributed by atoms with van der Waals surface area (Å²) in [6.45, 7) is 0. The summed E-state index contributed by atoms with van der Waals surface area (Å²) in [5, 5.41) is 5.17. The molecule has 0 aliphatic carbocycles. The zero-order chi connectivity index (χ0) is 12.4. The van der Waals surface area contributed by atoms with Crippen molar-refractivity contribution >= 4 is 40.2 Å². The monoisotopic (exact) mass is 250 g/mol. The molecule has 3 rings (SSSR count). The Bertz CT molecular complexity index is 672. The second kappa shape index (κ2) is 4.87. The average Bonchev–Trinajstić information content (AvgIpc) is 2.43. The maximum atomic E-state index is 4.25. The van der Waals surface area contributed by atoms with Gasteiger partial charge in [0.2, 0.25) is 0 Å². The Morgan fingerprint density at radius 3 is 1.94 bits per heavy atom. The second-order valence-corrected chi connectivity index (χ2v) is 4.68. The van der Waals surface area contributed by atoms with Crippen molar-refractivity contribution in [3.63, 3.8) is 0 Å². The van der Waals surface area contributed by atoms with Gasteiger partial charge in [0.15, 0.2) is 0 Å². The minimum atomic E-state index is 0.761. The molecule has 0 aliphatic heterocycles. The zero-order valence-electron chi connectivity index (χ0n) is 10.0. The molecule has 0 amide bonds. The number of hydrogen-bond acceptors (Lipinski definition) is 1. The highest BCUT2D eigenvalue weighted by Gasteiger charge is 2.03. The molecule has 0 unspecified atom stereocenters. The fraction of sp³-hybridized carbons (Fsp3) is 0.0588. The topological polar surface area (TPSA) is 0 Å². The lowest BCUT2D eigenvalue weighted by molar-refractivity contribution is 1.73. The summed E-state index contributed by atoms with van der Waals surface area (Å²) in [5.41, 5.74) is 1.29. The first-order valence-corrected chi connectivity index (χ1v) is 6.71. The Labute approximate surface area is 112 Å². The van der Waals surface area contributed by atoms with Gasteiger partial charge in [-0.25, -0.2) is 0 Å². The molecule has 0 radical (unpaired) electrons. The van der Waals surface area contributed by atoms with E-state index < -0.39 is 0 Å². The van der Waals surface area contributed by atoms with E-state index in [-0.39, 0.29) is 0 Å². The molecule has 0 nitrogen and oxygen atoms in total. The SMILES string of the molecule is SCC=Cc1c2ccccc2cc2ccccc12. The number of rotatable bonds is 2. The third-order valence-electron chi connectivity index (χ3n) is 3.20. The van der Waals surface area contributed by atoms with Gasteiger partial charge in [0.1, 0.15) is 0 Å². The molecule has 3 aromatic rings. The summed E-state index contributed by atoms with van der Waals surface area (Å²) < 4.78 is 0. The minimum Gasteiger partial charge on any atom is -0.175 e. The first kappa shape index (κ1) is 11.4. The van der Waals surface area contributed by atoms with Gasteiger partial charge in [-0.3, -0.25) is 0 Å². The van der Waals surface area contributed by atoms with E-state index >= 15 is 0 Å². The van der Waals surface area contributed by atoms with Gasteiger partial charge in [-0.2, -0.15) is 12.6 Å². The molecule has 0 aromatic heterocycles. The van der Waals surface area contributed by atoms with Crippen LogP contribution in [-0.2, 0) is 0 Å². The summed E-state index contributed by atoms with van der Waals surface area (Å²) in [6.07, 6.45) is 4.27. The highest BCUT2D eigenvalue weighted by molar-refractivity contribution is 7.80. The van der Waals surface area contributed by atoms with E-state index in [4.69, 9.17) is 0 Å². The van der Waals surface area contributed by atoms with Gasteiger partial charge in [-0.1, -0.05) is 60.7 Å². The van der Waals surface area contributed by atoms with Crippen LogP contribution in [0.5, 0.6) is 0 Å². The molecule has 0 bridgehead atoms. The second-order valence-electron chi connectivity index (χ2n) is 4.32. The van der Waals surface area contributed by atoms with Crippen molar-refractivity contribution < 1.29 is 0 Å². The van der Waals surface area contributed by atoms with Crippen molar-refractivity contribution in [1.29, 1.82) is 0 Å². The minimum absolute atomic E-state index is 0.761. The first-order chi connectivity index (χ1) is 8.90. The smallest absolute Gasteiger partial charge is 0.00858 e. The van der Waals surface area contributed by atoms with Gasteiger partial charge in [0.25, 0.3) is 0 Å². The maximum absolute atomic E-state index is 4.25. The van der Waals surface area contributed by atoms with Crippen LogP contribution in [0, 0.1) is 0 Å². The predicted molar refractivity (Wildman–Crippen MR) is 84.3 cm³/mol. The van der Waals surface area contributed by atoms with Gasteiger partial charge < -0.3 is 0 Å². The Morgan fingerprint density at radius 1 is 0.833 bits per heavy atom. The molecule has 18 heavy (non-hydrogen) atoms. The Morgan fingerprint density at radius 2 is 1.39 bits per heavy atom. The molecule has 0 saturated carbocycles. The zero-order valence-corrected chi connectivity index (χ0v) is 10.9. The predicted octanol–water partition coefficient (Wildman–Crippen LogP) is 4.94. The average molecular weight is 250 g/mol. The Balaban J connectivity index is 2.45. The summed E-state index contributed by atoms with van der Waals surface area (Å²) in [5.74, 6) is 0.761. The Kier molecular flexibility index (Phi) is 3.07. The fourth-order valence-corrected chi connectivity index (χ4v) is 2.50. The lowest BCUT2D eigenvalue weighted by Crippen LogP contribution is -1.83. The summed E-state index contributed by atoms with van der Waals surface area (Å²) in [6, 6.07) is 19.3. The van der Waals surface area contributed by atoms with E-state index in [9.17, 15) is 0 Å². The van der Waals surface area contributed by atoms with E-state index in [0.29, 0.717) is 0 Å². The van der Waals surface area contributed by atoms with Crippen LogP contribution in [0.2, 0.25) is 0 Å². The lowest BCUT2D eigenvalue weighted by atomic mass is 9.96. The molecule has 0 spiro atoms. The third kappa shape index (κ3) is 1.91. The number of fused-ring (bicyclic) bond motifs is 2.